The highest BCUT2D eigenvalue weighted by Gasteiger charge is 2.24. The normalized spacial score (nSPS) is 10.7. The molecule has 2 aromatic rings. The van der Waals surface area contributed by atoms with E-state index in [9.17, 15) is 8.42 Å². The van der Waals surface area contributed by atoms with Crippen molar-refractivity contribution in [3.63, 3.8) is 0 Å². The number of hydrogen-bond acceptors (Lipinski definition) is 5. The number of allylic oxidation sites excluding steroid dienone is 1. The van der Waals surface area contributed by atoms with Gasteiger partial charge in [-0.3, -0.25) is 0 Å². The molecule has 0 fully saturated rings. The van der Waals surface area contributed by atoms with E-state index in [-0.39, 0.29) is 16.3 Å². The highest BCUT2D eigenvalue weighted by atomic mass is 32.2. The topological polar surface area (TPSA) is 110 Å². The predicted octanol–water partition coefficient (Wildman–Crippen LogP) is 1.21. The van der Waals surface area contributed by atoms with Crippen LogP contribution in [0.2, 0.25) is 0 Å². The van der Waals surface area contributed by atoms with Crippen molar-refractivity contribution in [3.05, 3.63) is 52.7 Å². The summed E-state index contributed by atoms with van der Waals surface area (Å²) in [6, 6.07) is 9.87. The summed E-state index contributed by atoms with van der Waals surface area (Å²) in [5.41, 5.74) is 1.13. The minimum Gasteiger partial charge on any atom is -0.757 e. The van der Waals surface area contributed by atoms with Crippen molar-refractivity contribution < 1.29 is 13.2 Å². The van der Waals surface area contributed by atoms with E-state index < -0.39 is 9.84 Å². The second-order valence-corrected chi connectivity index (χ2v) is 6.99. The number of nitriles is 1. The summed E-state index contributed by atoms with van der Waals surface area (Å²) in [6.07, 6.45) is 0.452. The van der Waals surface area contributed by atoms with E-state index in [4.69, 9.17) is 10.7 Å². The summed E-state index contributed by atoms with van der Waals surface area (Å²) in [6.45, 7) is 3.46. The first-order valence-corrected chi connectivity index (χ1v) is 8.82. The van der Waals surface area contributed by atoms with Crippen LogP contribution in [0.15, 0.2) is 35.2 Å². The predicted molar refractivity (Wildman–Crippen MR) is 87.4 cm³/mol. The molecule has 7 nitrogen and oxygen atoms in total. The van der Waals surface area contributed by atoms with Crippen LogP contribution in [0.3, 0.4) is 0 Å². The molecule has 0 atom stereocenters. The molecule has 0 N–H and O–H groups in total. The van der Waals surface area contributed by atoms with E-state index in [0.717, 1.165) is 4.80 Å². The molecular formula is C16H15N5O2S. The van der Waals surface area contributed by atoms with Crippen molar-refractivity contribution in [2.45, 2.75) is 30.9 Å². The van der Waals surface area contributed by atoms with Crippen molar-refractivity contribution in [3.8, 4) is 6.07 Å². The van der Waals surface area contributed by atoms with Crippen molar-refractivity contribution in [1.82, 2.24) is 10.2 Å². The maximum atomic E-state index is 12.6. The second kappa shape index (κ2) is 7.13. The minimum absolute atomic E-state index is 0.226. The Morgan fingerprint density at radius 2 is 1.96 bits per heavy atom. The van der Waals surface area contributed by atoms with Crippen molar-refractivity contribution in [2.75, 3.05) is 0 Å². The average molecular weight is 341 g/mol. The Morgan fingerprint density at radius 1 is 1.29 bits per heavy atom. The fourth-order valence-corrected chi connectivity index (χ4v) is 3.69. The Morgan fingerprint density at radius 3 is 2.50 bits per heavy atom. The number of nitrogens with zero attached hydrogens (tertiary/aromatic N) is 5. The molecule has 0 unspecified atom stereocenters. The molecule has 2 rings (SSSR count). The van der Waals surface area contributed by atoms with Crippen LogP contribution < -0.4 is 4.80 Å². The van der Waals surface area contributed by atoms with Gasteiger partial charge in [-0.15, -0.1) is 0 Å². The summed E-state index contributed by atoms with van der Waals surface area (Å²) < 4.78 is 25.2. The minimum atomic E-state index is -3.54. The molecule has 0 spiro atoms. The van der Waals surface area contributed by atoms with Crippen LogP contribution in [0, 0.1) is 18.3 Å². The highest BCUT2D eigenvalue weighted by molar-refractivity contribution is 7.90. The third-order valence-corrected chi connectivity index (χ3v) is 5.09. The average Bonchev–Trinajstić information content (AvgIpc) is 2.58. The zero-order valence-corrected chi connectivity index (χ0v) is 14.1. The molecule has 1 aromatic carbocycles. The number of aryl methyl sites for hydroxylation is 2. The lowest BCUT2D eigenvalue weighted by atomic mass is 10.1. The first kappa shape index (κ1) is 17.5. The first-order valence-electron chi connectivity index (χ1n) is 7.17. The lowest BCUT2D eigenvalue weighted by molar-refractivity contribution is -0.703. The molecule has 0 radical (unpaired) electrons. The number of benzene rings is 1. The van der Waals surface area contributed by atoms with Crippen LogP contribution in [0.4, 0.5) is 0 Å². The quantitative estimate of drug-likeness (QED) is 0.461. The monoisotopic (exact) mass is 341 g/mol. The zero-order chi connectivity index (χ0) is 17.7. The lowest BCUT2D eigenvalue weighted by Gasteiger charge is -2.08. The molecule has 0 bridgehead atoms. The molecular weight excluding hydrogens is 326 g/mol. The van der Waals surface area contributed by atoms with Gasteiger partial charge in [0.2, 0.25) is 0 Å². The second-order valence-electron chi connectivity index (χ2n) is 5.00. The van der Waals surface area contributed by atoms with Gasteiger partial charge in [0.05, 0.1) is 15.4 Å². The molecule has 0 saturated carbocycles. The zero-order valence-electron chi connectivity index (χ0n) is 13.3. The van der Waals surface area contributed by atoms with E-state index in [1.54, 1.807) is 37.1 Å². The standard InChI is InChI=1S/C16H15N5O2S/c1-3-16-15(11-24(22,23)14-7-5-4-6-8-14)12(2)19-21(20-16)13(9-17)10-18/h4-8H,3,11H2,1-2H3. The molecule has 0 aliphatic carbocycles. The summed E-state index contributed by atoms with van der Waals surface area (Å²) in [5.74, 6) is 1.48. The first-order chi connectivity index (χ1) is 11.4. The maximum Gasteiger partial charge on any atom is 0.364 e. The van der Waals surface area contributed by atoms with Gasteiger partial charge < -0.3 is 5.41 Å². The van der Waals surface area contributed by atoms with Crippen LogP contribution >= 0.6 is 0 Å². The van der Waals surface area contributed by atoms with Crippen molar-refractivity contribution in [2.24, 2.45) is 0 Å². The fraction of sp³-hybridized carbons (Fsp3) is 0.250. The molecule has 0 aliphatic rings. The molecule has 1 aromatic heterocycles. The number of aromatic nitrogens is 3. The molecule has 0 saturated heterocycles. The van der Waals surface area contributed by atoms with Gasteiger partial charge in [0.25, 0.3) is 0 Å². The smallest absolute Gasteiger partial charge is 0.364 e. The summed E-state index contributed by atoms with van der Waals surface area (Å²) in [5, 5.41) is 26.1. The van der Waals surface area contributed by atoms with Crippen LogP contribution in [0.25, 0.3) is 11.1 Å². The van der Waals surface area contributed by atoms with Gasteiger partial charge in [-0.2, -0.15) is 11.1 Å². The van der Waals surface area contributed by atoms with E-state index in [1.807, 2.05) is 6.92 Å². The van der Waals surface area contributed by atoms with E-state index in [0.29, 0.717) is 23.4 Å². The Bertz CT molecular complexity index is 956. The Balaban J connectivity index is 2.52. The van der Waals surface area contributed by atoms with Gasteiger partial charge >= 0.3 is 5.70 Å². The highest BCUT2D eigenvalue weighted by Crippen LogP contribution is 2.19. The third-order valence-electron chi connectivity index (χ3n) is 3.43. The maximum absolute atomic E-state index is 12.6. The van der Waals surface area contributed by atoms with Gasteiger partial charge in [-0.1, -0.05) is 25.1 Å². The number of sulfone groups is 1. The summed E-state index contributed by atoms with van der Waals surface area (Å²) in [7, 11) is -3.54. The van der Waals surface area contributed by atoms with E-state index >= 15 is 0 Å². The van der Waals surface area contributed by atoms with Gasteiger partial charge in [-0.25, -0.2) is 8.42 Å². The molecule has 0 aliphatic heterocycles. The van der Waals surface area contributed by atoms with E-state index in [2.05, 4.69) is 10.2 Å². The number of rotatable bonds is 5. The van der Waals surface area contributed by atoms with Crippen LogP contribution in [-0.4, -0.2) is 24.5 Å². The van der Waals surface area contributed by atoms with E-state index in [1.165, 1.54) is 12.1 Å². The van der Waals surface area contributed by atoms with Gasteiger partial charge in [0, 0.05) is 15.8 Å². The Kier molecular flexibility index (Phi) is 5.19. The molecule has 122 valence electrons. The van der Waals surface area contributed by atoms with Crippen molar-refractivity contribution >= 4 is 21.4 Å². The lowest BCUT2D eigenvalue weighted by Crippen LogP contribution is -2.43. The van der Waals surface area contributed by atoms with Crippen molar-refractivity contribution in [1.29, 1.82) is 5.26 Å². The number of hydrogen-bond donors (Lipinski definition) is 0. The van der Waals surface area contributed by atoms with Crippen LogP contribution in [0.1, 0.15) is 23.9 Å². The van der Waals surface area contributed by atoms with Gasteiger partial charge in [0.1, 0.15) is 11.4 Å². The SMILES string of the molecule is CCc1n[n+](C(=C=[N-])C#N)nc(C)c1CS(=O)(=O)c1ccccc1. The Hall–Kier alpha value is -2.88. The molecule has 1 heterocycles. The largest absolute Gasteiger partial charge is 0.757 e. The van der Waals surface area contributed by atoms with Crippen LogP contribution in [0.5, 0.6) is 0 Å². The summed E-state index contributed by atoms with van der Waals surface area (Å²) >= 11 is 0. The molecule has 8 heteroatoms. The Labute approximate surface area is 140 Å². The fourth-order valence-electron chi connectivity index (χ4n) is 2.20. The molecule has 24 heavy (non-hydrogen) atoms. The van der Waals surface area contributed by atoms with Crippen LogP contribution in [-0.2, 0) is 22.0 Å². The molecule has 0 amide bonds. The third kappa shape index (κ3) is 3.54. The summed E-state index contributed by atoms with van der Waals surface area (Å²) in [4.78, 5) is 1.18. The van der Waals surface area contributed by atoms with Gasteiger partial charge in [0.15, 0.2) is 15.9 Å². The van der Waals surface area contributed by atoms with Gasteiger partial charge in [-0.05, 0) is 25.5 Å².